The van der Waals surface area contributed by atoms with Crippen LogP contribution in [-0.2, 0) is 25.0 Å². The second kappa shape index (κ2) is 10.1. The number of nitrogens with one attached hydrogen (secondary N) is 1. The van der Waals surface area contributed by atoms with Crippen LogP contribution in [-0.4, -0.2) is 19.9 Å². The van der Waals surface area contributed by atoms with Crippen LogP contribution in [0.1, 0.15) is 27.9 Å². The van der Waals surface area contributed by atoms with Gasteiger partial charge in [0.05, 0.1) is 5.69 Å². The van der Waals surface area contributed by atoms with Crippen molar-refractivity contribution >= 4 is 11.8 Å². The highest BCUT2D eigenvalue weighted by atomic mass is 32.2. The summed E-state index contributed by atoms with van der Waals surface area (Å²) in [6.45, 7) is 0. The number of aromatic amines is 1. The Balaban J connectivity index is 1.60. The molecule has 2 aromatic carbocycles. The second-order valence-corrected chi connectivity index (χ2v) is 8.05. The fourth-order valence-corrected chi connectivity index (χ4v) is 4.14. The number of rotatable bonds is 8. The van der Waals surface area contributed by atoms with Crippen LogP contribution in [0.5, 0.6) is 0 Å². The first-order valence-electron chi connectivity index (χ1n) is 9.95. The van der Waals surface area contributed by atoms with Gasteiger partial charge in [-0.05, 0) is 35.6 Å². The summed E-state index contributed by atoms with van der Waals surface area (Å²) in [6, 6.07) is 16.7. The summed E-state index contributed by atoms with van der Waals surface area (Å²) in [6.07, 6.45) is 6.68. The lowest BCUT2D eigenvalue weighted by atomic mass is 10.0. The molecule has 0 saturated carbocycles. The van der Waals surface area contributed by atoms with Crippen LogP contribution in [0.4, 0.5) is 4.39 Å². The molecule has 0 aliphatic rings. The summed E-state index contributed by atoms with van der Waals surface area (Å²) < 4.78 is 13.9. The Bertz CT molecular complexity index is 1200. The van der Waals surface area contributed by atoms with E-state index in [0.29, 0.717) is 34.9 Å². The van der Waals surface area contributed by atoms with Crippen molar-refractivity contribution in [2.45, 2.75) is 30.2 Å². The molecule has 156 valence electrons. The minimum atomic E-state index is -0.262. The molecule has 2 heterocycles. The molecular weight excluding hydrogens is 411 g/mol. The van der Waals surface area contributed by atoms with Gasteiger partial charge in [-0.25, -0.2) is 19.3 Å². The van der Waals surface area contributed by atoms with E-state index in [1.54, 1.807) is 30.6 Å². The molecule has 0 saturated heterocycles. The van der Waals surface area contributed by atoms with Crippen molar-refractivity contribution in [2.75, 3.05) is 0 Å². The third-order valence-electron chi connectivity index (χ3n) is 4.89. The van der Waals surface area contributed by atoms with Crippen LogP contribution in [0.3, 0.4) is 0 Å². The van der Waals surface area contributed by atoms with E-state index in [1.807, 2.05) is 18.2 Å². The first kappa shape index (κ1) is 20.9. The topological polar surface area (TPSA) is 71.5 Å². The zero-order chi connectivity index (χ0) is 21.5. The number of aryl methyl sites for hydroxylation is 2. The maximum Gasteiger partial charge on any atom is 0.255 e. The third-order valence-corrected chi connectivity index (χ3v) is 5.81. The molecule has 0 amide bonds. The highest BCUT2D eigenvalue weighted by molar-refractivity contribution is 7.98. The zero-order valence-corrected chi connectivity index (χ0v) is 17.6. The number of hydrogen-bond donors (Lipinski definition) is 1. The van der Waals surface area contributed by atoms with Crippen molar-refractivity contribution in [3.63, 3.8) is 0 Å². The van der Waals surface area contributed by atoms with E-state index in [9.17, 15) is 9.18 Å². The van der Waals surface area contributed by atoms with Crippen molar-refractivity contribution in [1.82, 2.24) is 19.9 Å². The van der Waals surface area contributed by atoms with Gasteiger partial charge >= 0.3 is 0 Å². The predicted octanol–water partition coefficient (Wildman–Crippen LogP) is 4.37. The summed E-state index contributed by atoms with van der Waals surface area (Å²) in [5.41, 5.74) is 3.78. The van der Waals surface area contributed by atoms with Gasteiger partial charge in [0.2, 0.25) is 0 Å². The van der Waals surface area contributed by atoms with E-state index in [0.717, 1.165) is 17.7 Å². The summed E-state index contributed by atoms with van der Waals surface area (Å²) in [4.78, 5) is 28.6. The largest absolute Gasteiger partial charge is 0.301 e. The van der Waals surface area contributed by atoms with Gasteiger partial charge in [-0.2, -0.15) is 0 Å². The number of halogens is 1. The van der Waals surface area contributed by atoms with Crippen LogP contribution >= 0.6 is 11.8 Å². The number of nitrogens with zero attached hydrogens (tertiary/aromatic N) is 3. The Morgan fingerprint density at radius 1 is 0.903 bits per heavy atom. The molecule has 0 aliphatic heterocycles. The predicted molar refractivity (Wildman–Crippen MR) is 120 cm³/mol. The summed E-state index contributed by atoms with van der Waals surface area (Å²) in [7, 11) is 0. The summed E-state index contributed by atoms with van der Waals surface area (Å²) in [5, 5.41) is 0.490. The normalized spacial score (nSPS) is 10.9. The molecule has 4 rings (SSSR count). The van der Waals surface area contributed by atoms with E-state index < -0.39 is 0 Å². The molecule has 7 heteroatoms. The molecule has 0 spiro atoms. The molecule has 31 heavy (non-hydrogen) atoms. The number of H-pyrrole nitrogens is 1. The van der Waals surface area contributed by atoms with Crippen LogP contribution in [0.15, 0.2) is 83.3 Å². The van der Waals surface area contributed by atoms with Crippen LogP contribution in [0, 0.1) is 5.82 Å². The van der Waals surface area contributed by atoms with Crippen LogP contribution in [0.25, 0.3) is 0 Å². The van der Waals surface area contributed by atoms with E-state index in [2.05, 4.69) is 27.1 Å². The van der Waals surface area contributed by atoms with Gasteiger partial charge in [0, 0.05) is 30.1 Å². The molecule has 2 aromatic heterocycles. The van der Waals surface area contributed by atoms with E-state index >= 15 is 0 Å². The molecule has 5 nitrogen and oxygen atoms in total. The van der Waals surface area contributed by atoms with Crippen LogP contribution < -0.4 is 5.56 Å². The smallest absolute Gasteiger partial charge is 0.255 e. The number of hydrogen-bond acceptors (Lipinski definition) is 5. The van der Waals surface area contributed by atoms with Gasteiger partial charge in [0.25, 0.3) is 5.56 Å². The van der Waals surface area contributed by atoms with E-state index in [1.165, 1.54) is 29.7 Å². The molecule has 4 aromatic rings. The average molecular weight is 433 g/mol. The molecule has 0 atom stereocenters. The Morgan fingerprint density at radius 2 is 1.65 bits per heavy atom. The first-order chi connectivity index (χ1) is 15.2. The molecule has 1 N–H and O–H groups in total. The van der Waals surface area contributed by atoms with E-state index in [4.69, 9.17) is 4.98 Å². The monoisotopic (exact) mass is 432 g/mol. The molecule has 0 fully saturated rings. The van der Waals surface area contributed by atoms with Crippen molar-refractivity contribution in [1.29, 1.82) is 0 Å². The number of aromatic nitrogens is 4. The van der Waals surface area contributed by atoms with Gasteiger partial charge in [-0.1, -0.05) is 60.3 Å². The second-order valence-electron chi connectivity index (χ2n) is 7.09. The first-order valence-corrected chi connectivity index (χ1v) is 10.9. The Labute approximate surface area is 183 Å². The Morgan fingerprint density at radius 3 is 2.42 bits per heavy atom. The lowest BCUT2D eigenvalue weighted by Crippen LogP contribution is -2.20. The van der Waals surface area contributed by atoms with E-state index in [-0.39, 0.29) is 11.4 Å². The molecule has 0 aliphatic carbocycles. The lowest BCUT2D eigenvalue weighted by Gasteiger charge is -2.11. The summed E-state index contributed by atoms with van der Waals surface area (Å²) in [5.74, 6) is 0.127. The Kier molecular flexibility index (Phi) is 6.84. The third kappa shape index (κ3) is 5.64. The standard InChI is InChI=1S/C24H21FN4OS/c25-21-9-5-4-8-19(21)15-31-24-28-22(11-10-17-6-2-1-3-7-17)20(23(30)29-24)12-18-13-26-16-27-14-18/h1-9,13-14,16H,10-12,15H2,(H,28,29,30). The molecule has 0 radical (unpaired) electrons. The lowest BCUT2D eigenvalue weighted by molar-refractivity contribution is 0.617. The van der Waals surface area contributed by atoms with Gasteiger partial charge < -0.3 is 4.98 Å². The highest BCUT2D eigenvalue weighted by Crippen LogP contribution is 2.22. The fraction of sp³-hybridized carbons (Fsp3) is 0.167. The van der Waals surface area contributed by atoms with Crippen molar-refractivity contribution < 1.29 is 4.39 Å². The fourth-order valence-electron chi connectivity index (χ4n) is 3.27. The zero-order valence-electron chi connectivity index (χ0n) is 16.8. The minimum absolute atomic E-state index is 0.182. The quantitative estimate of drug-likeness (QED) is 0.331. The average Bonchev–Trinajstić information content (AvgIpc) is 2.80. The van der Waals surface area contributed by atoms with Crippen molar-refractivity contribution in [3.8, 4) is 0 Å². The van der Waals surface area contributed by atoms with Gasteiger partial charge in [-0.15, -0.1) is 0 Å². The molecular formula is C24H21FN4OS. The minimum Gasteiger partial charge on any atom is -0.301 e. The van der Waals surface area contributed by atoms with Gasteiger partial charge in [-0.3, -0.25) is 4.79 Å². The maximum absolute atomic E-state index is 13.9. The molecule has 0 bridgehead atoms. The molecule has 0 unspecified atom stereocenters. The van der Waals surface area contributed by atoms with Crippen LogP contribution in [0.2, 0.25) is 0 Å². The maximum atomic E-state index is 13.9. The highest BCUT2D eigenvalue weighted by Gasteiger charge is 2.14. The Hall–Kier alpha value is -3.32. The van der Waals surface area contributed by atoms with Gasteiger partial charge in [0.15, 0.2) is 5.16 Å². The summed E-state index contributed by atoms with van der Waals surface area (Å²) >= 11 is 1.32. The van der Waals surface area contributed by atoms with Gasteiger partial charge in [0.1, 0.15) is 12.1 Å². The number of benzene rings is 2. The van der Waals surface area contributed by atoms with Crippen molar-refractivity contribution in [2.24, 2.45) is 0 Å². The SMILES string of the molecule is O=c1[nH]c(SCc2ccccc2F)nc(CCc2ccccc2)c1Cc1cncnc1. The van der Waals surface area contributed by atoms with Crippen molar-refractivity contribution in [3.05, 3.63) is 117 Å². The number of thioether (sulfide) groups is 1.